The first kappa shape index (κ1) is 13.1. The maximum Gasteiger partial charge on any atom is 0.262 e. The van der Waals surface area contributed by atoms with E-state index in [0.29, 0.717) is 5.56 Å². The number of rotatable bonds is 3. The van der Waals surface area contributed by atoms with Crippen LogP contribution in [0.25, 0.3) is 0 Å². The van der Waals surface area contributed by atoms with Gasteiger partial charge in [-0.1, -0.05) is 42.0 Å². The number of hydrogen-bond acceptors (Lipinski definition) is 1. The number of para-hydroxylation sites is 1. The monoisotopic (exact) mass is 251 g/mol. The molecule has 0 spiro atoms. The number of anilines is 1. The van der Waals surface area contributed by atoms with E-state index in [4.69, 9.17) is 0 Å². The molecule has 0 radical (unpaired) electrons. The summed E-state index contributed by atoms with van der Waals surface area (Å²) < 4.78 is 0. The zero-order chi connectivity index (χ0) is 13.7. The lowest BCUT2D eigenvalue weighted by atomic mass is 10.2. The number of amides is 1. The molecule has 0 unspecified atom stereocenters. The van der Waals surface area contributed by atoms with E-state index in [2.05, 4.69) is 0 Å². The molecule has 0 aliphatic rings. The van der Waals surface area contributed by atoms with E-state index in [1.165, 1.54) is 0 Å². The van der Waals surface area contributed by atoms with Gasteiger partial charge in [0.25, 0.3) is 5.91 Å². The number of carbonyl (C=O) groups is 1. The Balaban J connectivity index is 2.40. The minimum absolute atomic E-state index is 0.0204. The van der Waals surface area contributed by atoms with E-state index in [-0.39, 0.29) is 5.91 Å². The Labute approximate surface area is 114 Å². The second-order valence-electron chi connectivity index (χ2n) is 4.58. The number of nitrogens with zero attached hydrogens (tertiary/aromatic N) is 1. The molecule has 2 nitrogen and oxygen atoms in total. The predicted molar refractivity (Wildman–Crippen MR) is 79.1 cm³/mol. The number of benzene rings is 2. The first-order valence-corrected chi connectivity index (χ1v) is 6.27. The number of carbonyl (C=O) groups excluding carboxylic acids is 1. The molecule has 0 N–H and O–H groups in total. The molecule has 0 atom stereocenters. The SMILES string of the molecule is CC(C)=CN(C(=O)c1ccccc1)c1ccccc1. The third-order valence-electron chi connectivity index (χ3n) is 2.66. The van der Waals surface area contributed by atoms with E-state index < -0.39 is 0 Å². The van der Waals surface area contributed by atoms with Crippen molar-refractivity contribution < 1.29 is 4.79 Å². The molecule has 0 aliphatic heterocycles. The van der Waals surface area contributed by atoms with Crippen molar-refractivity contribution in [3.8, 4) is 0 Å². The minimum atomic E-state index is -0.0204. The summed E-state index contributed by atoms with van der Waals surface area (Å²) in [6, 6.07) is 19.0. The van der Waals surface area contributed by atoms with Gasteiger partial charge in [-0.05, 0) is 38.1 Å². The minimum Gasteiger partial charge on any atom is -0.284 e. The molecule has 96 valence electrons. The van der Waals surface area contributed by atoms with Crippen molar-refractivity contribution in [2.24, 2.45) is 0 Å². The maximum atomic E-state index is 12.6. The summed E-state index contributed by atoms with van der Waals surface area (Å²) in [7, 11) is 0. The summed E-state index contributed by atoms with van der Waals surface area (Å²) in [4.78, 5) is 14.2. The van der Waals surface area contributed by atoms with Crippen LogP contribution in [0.2, 0.25) is 0 Å². The third kappa shape index (κ3) is 3.32. The van der Waals surface area contributed by atoms with Crippen LogP contribution in [0.1, 0.15) is 24.2 Å². The van der Waals surface area contributed by atoms with Crippen LogP contribution in [-0.2, 0) is 0 Å². The Hall–Kier alpha value is -2.35. The third-order valence-corrected chi connectivity index (χ3v) is 2.66. The van der Waals surface area contributed by atoms with Gasteiger partial charge in [-0.15, -0.1) is 0 Å². The largest absolute Gasteiger partial charge is 0.284 e. The molecule has 2 heteroatoms. The first-order valence-electron chi connectivity index (χ1n) is 6.27. The standard InChI is InChI=1S/C17H17NO/c1-14(2)13-18(16-11-7-4-8-12-16)17(19)15-9-5-3-6-10-15/h3-13H,1-2H3. The molecular weight excluding hydrogens is 234 g/mol. The van der Waals surface area contributed by atoms with Crippen molar-refractivity contribution in [2.75, 3.05) is 4.90 Å². The summed E-state index contributed by atoms with van der Waals surface area (Å²) in [5.74, 6) is -0.0204. The van der Waals surface area contributed by atoms with E-state index in [0.717, 1.165) is 11.3 Å². The highest BCUT2D eigenvalue weighted by Gasteiger charge is 2.14. The van der Waals surface area contributed by atoms with Crippen LogP contribution < -0.4 is 4.90 Å². The van der Waals surface area contributed by atoms with Gasteiger partial charge < -0.3 is 0 Å². The quantitative estimate of drug-likeness (QED) is 0.798. The van der Waals surface area contributed by atoms with Gasteiger partial charge in [0.15, 0.2) is 0 Å². The molecule has 0 saturated carbocycles. The molecule has 0 fully saturated rings. The first-order chi connectivity index (χ1) is 9.18. The average molecular weight is 251 g/mol. The smallest absolute Gasteiger partial charge is 0.262 e. The summed E-state index contributed by atoms with van der Waals surface area (Å²) >= 11 is 0. The highest BCUT2D eigenvalue weighted by atomic mass is 16.2. The molecule has 0 aliphatic carbocycles. The van der Waals surface area contributed by atoms with Crippen molar-refractivity contribution in [3.05, 3.63) is 78.0 Å². The van der Waals surface area contributed by atoms with Gasteiger partial charge >= 0.3 is 0 Å². The fourth-order valence-electron chi connectivity index (χ4n) is 1.82. The summed E-state index contributed by atoms with van der Waals surface area (Å²) in [5, 5.41) is 0. The Kier molecular flexibility index (Phi) is 4.14. The summed E-state index contributed by atoms with van der Waals surface area (Å²) in [6.45, 7) is 3.96. The molecule has 1 amide bonds. The van der Waals surface area contributed by atoms with Gasteiger partial charge in [0.1, 0.15) is 0 Å². The molecule has 2 aromatic rings. The van der Waals surface area contributed by atoms with E-state index in [1.54, 1.807) is 4.90 Å². The lowest BCUT2D eigenvalue weighted by Crippen LogP contribution is -2.25. The Bertz CT molecular complexity index is 569. The van der Waals surface area contributed by atoms with Gasteiger partial charge in [-0.25, -0.2) is 0 Å². The van der Waals surface area contributed by atoms with Crippen LogP contribution >= 0.6 is 0 Å². The molecule has 0 saturated heterocycles. The molecular formula is C17H17NO. The number of hydrogen-bond donors (Lipinski definition) is 0. The molecule has 19 heavy (non-hydrogen) atoms. The normalized spacial score (nSPS) is 9.79. The van der Waals surface area contributed by atoms with Crippen LogP contribution in [0, 0.1) is 0 Å². The van der Waals surface area contributed by atoms with E-state index in [9.17, 15) is 4.79 Å². The predicted octanol–water partition coefficient (Wildman–Crippen LogP) is 4.26. The molecule has 0 heterocycles. The summed E-state index contributed by atoms with van der Waals surface area (Å²) in [5.41, 5.74) is 2.63. The van der Waals surface area contributed by atoms with Crippen molar-refractivity contribution in [1.29, 1.82) is 0 Å². The Morgan fingerprint density at radius 3 is 1.95 bits per heavy atom. The van der Waals surface area contributed by atoms with Crippen LogP contribution in [0.5, 0.6) is 0 Å². The zero-order valence-electron chi connectivity index (χ0n) is 11.2. The van der Waals surface area contributed by atoms with Gasteiger partial charge in [0, 0.05) is 17.5 Å². The zero-order valence-corrected chi connectivity index (χ0v) is 11.2. The van der Waals surface area contributed by atoms with Gasteiger partial charge in [0.2, 0.25) is 0 Å². The molecule has 0 bridgehead atoms. The Morgan fingerprint density at radius 1 is 0.895 bits per heavy atom. The lowest BCUT2D eigenvalue weighted by Gasteiger charge is -2.19. The van der Waals surface area contributed by atoms with Gasteiger partial charge in [-0.3, -0.25) is 9.69 Å². The van der Waals surface area contributed by atoms with Crippen molar-refractivity contribution in [2.45, 2.75) is 13.8 Å². The molecule has 2 rings (SSSR count). The molecule has 2 aromatic carbocycles. The molecule has 0 aromatic heterocycles. The van der Waals surface area contributed by atoms with Crippen molar-refractivity contribution >= 4 is 11.6 Å². The van der Waals surface area contributed by atoms with Gasteiger partial charge in [-0.2, -0.15) is 0 Å². The van der Waals surface area contributed by atoms with Crippen LogP contribution in [-0.4, -0.2) is 5.91 Å². The maximum absolute atomic E-state index is 12.6. The lowest BCUT2D eigenvalue weighted by molar-refractivity contribution is 0.0997. The highest BCUT2D eigenvalue weighted by molar-refractivity contribution is 6.07. The summed E-state index contributed by atoms with van der Waals surface area (Å²) in [6.07, 6.45) is 1.87. The Morgan fingerprint density at radius 2 is 1.42 bits per heavy atom. The fourth-order valence-corrected chi connectivity index (χ4v) is 1.82. The van der Waals surface area contributed by atoms with E-state index in [1.807, 2.05) is 80.7 Å². The van der Waals surface area contributed by atoms with Crippen LogP contribution in [0.4, 0.5) is 5.69 Å². The second kappa shape index (κ2) is 6.01. The van der Waals surface area contributed by atoms with Crippen LogP contribution in [0.3, 0.4) is 0 Å². The topological polar surface area (TPSA) is 20.3 Å². The number of allylic oxidation sites excluding steroid dienone is 1. The van der Waals surface area contributed by atoms with Crippen molar-refractivity contribution in [1.82, 2.24) is 0 Å². The van der Waals surface area contributed by atoms with Crippen LogP contribution in [0.15, 0.2) is 72.4 Å². The highest BCUT2D eigenvalue weighted by Crippen LogP contribution is 2.18. The average Bonchev–Trinajstić information content (AvgIpc) is 2.46. The fraction of sp³-hybridized carbons (Fsp3) is 0.118. The second-order valence-corrected chi connectivity index (χ2v) is 4.58. The van der Waals surface area contributed by atoms with Gasteiger partial charge in [0.05, 0.1) is 0 Å². The van der Waals surface area contributed by atoms with Crippen molar-refractivity contribution in [3.63, 3.8) is 0 Å². The van der Waals surface area contributed by atoms with E-state index >= 15 is 0 Å².